The van der Waals surface area contributed by atoms with Gasteiger partial charge in [-0.05, 0) is 23.3 Å². The van der Waals surface area contributed by atoms with Crippen LogP contribution in [-0.4, -0.2) is 15.5 Å². The topological polar surface area (TPSA) is 49.7 Å². The van der Waals surface area contributed by atoms with Gasteiger partial charge in [-0.3, -0.25) is 0 Å². The smallest absolute Gasteiger partial charge is 0.125 e. The first kappa shape index (κ1) is 15.0. The molecule has 1 unspecified atom stereocenters. The van der Waals surface area contributed by atoms with Crippen molar-refractivity contribution in [3.63, 3.8) is 0 Å². The van der Waals surface area contributed by atoms with Gasteiger partial charge in [-0.2, -0.15) is 0 Å². The van der Waals surface area contributed by atoms with Crippen molar-refractivity contribution in [1.82, 2.24) is 0 Å². The molecule has 0 aliphatic heterocycles. The first-order valence-corrected chi connectivity index (χ1v) is 7.51. The molecule has 0 saturated carbocycles. The molecule has 0 radical (unpaired) electrons. The molecular formula is C16H17BrO3. The van der Waals surface area contributed by atoms with Gasteiger partial charge in [0.2, 0.25) is 0 Å². The van der Waals surface area contributed by atoms with E-state index in [0.717, 1.165) is 11.1 Å². The van der Waals surface area contributed by atoms with Crippen molar-refractivity contribution < 1.29 is 14.9 Å². The summed E-state index contributed by atoms with van der Waals surface area (Å²) in [6.45, 7) is 0.334. The zero-order valence-electron chi connectivity index (χ0n) is 11.0. The third-order valence-electron chi connectivity index (χ3n) is 3.02. The molecule has 20 heavy (non-hydrogen) atoms. The van der Waals surface area contributed by atoms with Crippen LogP contribution in [0.25, 0.3) is 0 Å². The number of rotatable bonds is 6. The summed E-state index contributed by atoms with van der Waals surface area (Å²) >= 11 is 3.23. The highest BCUT2D eigenvalue weighted by Gasteiger charge is 2.10. The second-order valence-electron chi connectivity index (χ2n) is 4.47. The molecule has 2 aromatic rings. The summed E-state index contributed by atoms with van der Waals surface area (Å²) in [4.78, 5) is 0. The molecule has 0 aromatic heterocycles. The molecule has 0 amide bonds. The van der Waals surface area contributed by atoms with Crippen molar-refractivity contribution in [3.8, 4) is 5.75 Å². The van der Waals surface area contributed by atoms with E-state index in [4.69, 9.17) is 4.74 Å². The molecule has 0 heterocycles. The lowest BCUT2D eigenvalue weighted by Gasteiger charge is -2.14. The maximum absolute atomic E-state index is 9.78. The fourth-order valence-corrected chi connectivity index (χ4v) is 2.27. The van der Waals surface area contributed by atoms with Gasteiger partial charge in [0.1, 0.15) is 12.4 Å². The first-order chi connectivity index (χ1) is 9.74. The molecule has 0 aliphatic rings. The van der Waals surface area contributed by atoms with E-state index in [1.54, 1.807) is 12.1 Å². The summed E-state index contributed by atoms with van der Waals surface area (Å²) in [5, 5.41) is 19.7. The number of aliphatic hydroxyl groups is 2. The monoisotopic (exact) mass is 336 g/mol. The summed E-state index contributed by atoms with van der Waals surface area (Å²) in [7, 11) is 0. The van der Waals surface area contributed by atoms with Gasteiger partial charge in [0.15, 0.2) is 0 Å². The van der Waals surface area contributed by atoms with Crippen LogP contribution in [0.3, 0.4) is 0 Å². The molecular weight excluding hydrogens is 320 g/mol. The Bertz CT molecular complexity index is 543. The average molecular weight is 337 g/mol. The van der Waals surface area contributed by atoms with E-state index in [1.807, 2.05) is 36.4 Å². The van der Waals surface area contributed by atoms with Crippen LogP contribution in [0.1, 0.15) is 22.8 Å². The van der Waals surface area contributed by atoms with E-state index in [1.165, 1.54) is 0 Å². The first-order valence-electron chi connectivity index (χ1n) is 6.39. The highest BCUT2D eigenvalue weighted by atomic mass is 79.9. The second kappa shape index (κ2) is 7.43. The summed E-state index contributed by atoms with van der Waals surface area (Å²) in [6, 6.07) is 15.2. The van der Waals surface area contributed by atoms with Gasteiger partial charge in [-0.25, -0.2) is 0 Å². The third kappa shape index (κ3) is 3.82. The minimum absolute atomic E-state index is 0.118. The van der Waals surface area contributed by atoms with Crippen LogP contribution in [0, 0.1) is 0 Å². The van der Waals surface area contributed by atoms with E-state index in [2.05, 4.69) is 15.9 Å². The van der Waals surface area contributed by atoms with Crippen LogP contribution in [0.5, 0.6) is 5.75 Å². The fraction of sp³-hybridized carbons (Fsp3) is 0.250. The van der Waals surface area contributed by atoms with Crippen molar-refractivity contribution >= 4 is 15.9 Å². The van der Waals surface area contributed by atoms with Gasteiger partial charge < -0.3 is 14.9 Å². The largest absolute Gasteiger partial charge is 0.489 e. The van der Waals surface area contributed by atoms with Crippen LogP contribution in [0.2, 0.25) is 0 Å². The fourth-order valence-electron chi connectivity index (χ4n) is 1.90. The van der Waals surface area contributed by atoms with Gasteiger partial charge in [0, 0.05) is 10.9 Å². The SMILES string of the molecule is OCc1cc(C(O)CBr)ccc1OCc1ccccc1. The molecule has 3 nitrogen and oxygen atoms in total. The predicted octanol–water partition coefficient (Wildman–Crippen LogP) is 3.19. The van der Waals surface area contributed by atoms with Crippen molar-refractivity contribution in [2.75, 3.05) is 5.33 Å². The lowest BCUT2D eigenvalue weighted by molar-refractivity contribution is 0.204. The Morgan fingerprint density at radius 3 is 2.50 bits per heavy atom. The number of ether oxygens (including phenoxy) is 1. The van der Waals surface area contributed by atoms with Crippen LogP contribution >= 0.6 is 15.9 Å². The number of alkyl halides is 1. The number of halogens is 1. The lowest BCUT2D eigenvalue weighted by Crippen LogP contribution is -2.03. The second-order valence-corrected chi connectivity index (χ2v) is 5.12. The number of aliphatic hydroxyl groups excluding tert-OH is 2. The maximum Gasteiger partial charge on any atom is 0.125 e. The van der Waals surface area contributed by atoms with Gasteiger partial charge in [-0.1, -0.05) is 52.3 Å². The quantitative estimate of drug-likeness (QED) is 0.796. The van der Waals surface area contributed by atoms with E-state index < -0.39 is 6.10 Å². The number of benzene rings is 2. The molecule has 106 valence electrons. The summed E-state index contributed by atoms with van der Waals surface area (Å²) in [6.07, 6.45) is -0.580. The molecule has 2 N–H and O–H groups in total. The molecule has 1 atom stereocenters. The van der Waals surface area contributed by atoms with Gasteiger partial charge >= 0.3 is 0 Å². The Labute approximate surface area is 127 Å². The highest BCUT2D eigenvalue weighted by molar-refractivity contribution is 9.09. The standard InChI is InChI=1S/C16H17BrO3/c17-9-15(19)13-6-7-16(14(8-13)10-18)20-11-12-4-2-1-3-5-12/h1-8,15,18-19H,9-11H2. The summed E-state index contributed by atoms with van der Waals surface area (Å²) in [5.74, 6) is 0.641. The van der Waals surface area contributed by atoms with Gasteiger partial charge in [0.05, 0.1) is 12.7 Å². The van der Waals surface area contributed by atoms with Crippen molar-refractivity contribution in [1.29, 1.82) is 0 Å². The molecule has 0 spiro atoms. The van der Waals surface area contributed by atoms with E-state index in [0.29, 0.717) is 23.2 Å². The zero-order valence-corrected chi connectivity index (χ0v) is 12.6. The van der Waals surface area contributed by atoms with Gasteiger partial charge in [-0.15, -0.1) is 0 Å². The number of hydrogen-bond acceptors (Lipinski definition) is 3. The molecule has 2 aromatic carbocycles. The third-order valence-corrected chi connectivity index (χ3v) is 3.64. The Morgan fingerprint density at radius 1 is 1.10 bits per heavy atom. The minimum atomic E-state index is -0.580. The molecule has 0 aliphatic carbocycles. The summed E-state index contributed by atoms with van der Waals surface area (Å²) < 4.78 is 5.73. The zero-order chi connectivity index (χ0) is 14.4. The Kier molecular flexibility index (Phi) is 5.59. The molecule has 4 heteroatoms. The predicted molar refractivity (Wildman–Crippen MR) is 81.9 cm³/mol. The van der Waals surface area contributed by atoms with Crippen LogP contribution < -0.4 is 4.74 Å². The van der Waals surface area contributed by atoms with Crippen molar-refractivity contribution in [2.24, 2.45) is 0 Å². The van der Waals surface area contributed by atoms with Crippen LogP contribution in [-0.2, 0) is 13.2 Å². The van der Waals surface area contributed by atoms with Crippen molar-refractivity contribution in [3.05, 3.63) is 65.2 Å². The normalized spacial score (nSPS) is 12.2. The van der Waals surface area contributed by atoms with E-state index in [-0.39, 0.29) is 6.61 Å². The Morgan fingerprint density at radius 2 is 1.85 bits per heavy atom. The Hall–Kier alpha value is -1.36. The number of hydrogen-bond donors (Lipinski definition) is 2. The van der Waals surface area contributed by atoms with Gasteiger partial charge in [0.25, 0.3) is 0 Å². The molecule has 0 bridgehead atoms. The average Bonchev–Trinajstić information content (AvgIpc) is 2.53. The van der Waals surface area contributed by atoms with Crippen LogP contribution in [0.4, 0.5) is 0 Å². The maximum atomic E-state index is 9.78. The summed E-state index contributed by atoms with van der Waals surface area (Å²) in [5.41, 5.74) is 2.51. The minimum Gasteiger partial charge on any atom is -0.489 e. The molecule has 0 saturated heterocycles. The highest BCUT2D eigenvalue weighted by Crippen LogP contribution is 2.25. The molecule has 0 fully saturated rings. The lowest BCUT2D eigenvalue weighted by atomic mass is 10.1. The van der Waals surface area contributed by atoms with E-state index >= 15 is 0 Å². The molecule has 2 rings (SSSR count). The van der Waals surface area contributed by atoms with Crippen molar-refractivity contribution in [2.45, 2.75) is 19.3 Å². The van der Waals surface area contributed by atoms with Crippen LogP contribution in [0.15, 0.2) is 48.5 Å². The Balaban J connectivity index is 2.11. The van der Waals surface area contributed by atoms with E-state index in [9.17, 15) is 10.2 Å².